The highest BCUT2D eigenvalue weighted by molar-refractivity contribution is 9.10. The zero-order valence-electron chi connectivity index (χ0n) is 17.5. The minimum Gasteiger partial charge on any atom is -0.496 e. The Morgan fingerprint density at radius 3 is 2.25 bits per heavy atom. The molecule has 0 spiro atoms. The topological polar surface area (TPSA) is 88.0 Å². The smallest absolute Gasteiger partial charge is 0.407 e. The van der Waals surface area contributed by atoms with Crippen LogP contribution in [0.15, 0.2) is 71.2 Å². The molecule has 1 aliphatic rings. The molecule has 1 aliphatic carbocycles. The van der Waals surface area contributed by atoms with Gasteiger partial charge in [-0.1, -0.05) is 54.6 Å². The van der Waals surface area contributed by atoms with E-state index < -0.39 is 18.3 Å². The Hall–Kier alpha value is -2.87. The van der Waals surface area contributed by atoms with Gasteiger partial charge in [-0.05, 0) is 55.9 Å². The van der Waals surface area contributed by atoms with Crippen LogP contribution in [0, 0.1) is 0 Å². The Morgan fingerprint density at radius 2 is 1.66 bits per heavy atom. The molecule has 0 saturated heterocycles. The highest BCUT2D eigenvalue weighted by Gasteiger charge is 2.29. The quantitative estimate of drug-likeness (QED) is 0.450. The number of carbonyl (C=O) groups is 1. The first-order valence-corrected chi connectivity index (χ1v) is 11.1. The number of rotatable bonds is 7. The van der Waals surface area contributed by atoms with Gasteiger partial charge in [0.15, 0.2) is 0 Å². The molecule has 2 unspecified atom stereocenters. The summed E-state index contributed by atoms with van der Waals surface area (Å²) in [6, 6.07) is 21.2. The van der Waals surface area contributed by atoms with Crippen LogP contribution in [0.2, 0.25) is 0 Å². The Labute approximate surface area is 194 Å². The fourth-order valence-corrected chi connectivity index (χ4v) is 4.60. The van der Waals surface area contributed by atoms with Crippen molar-refractivity contribution in [3.8, 4) is 16.9 Å². The van der Waals surface area contributed by atoms with Gasteiger partial charge in [0.25, 0.3) is 0 Å². The molecule has 0 heterocycles. The highest BCUT2D eigenvalue weighted by Crippen LogP contribution is 2.44. The van der Waals surface area contributed by atoms with Gasteiger partial charge in [0, 0.05) is 12.5 Å². The van der Waals surface area contributed by atoms with Crippen molar-refractivity contribution in [1.29, 1.82) is 0 Å². The van der Waals surface area contributed by atoms with E-state index in [1.54, 1.807) is 25.3 Å². The third-order valence-electron chi connectivity index (χ3n) is 5.68. The lowest BCUT2D eigenvalue weighted by Crippen LogP contribution is -2.36. The summed E-state index contributed by atoms with van der Waals surface area (Å²) in [5.41, 5.74) is 5.06. The van der Waals surface area contributed by atoms with Crippen molar-refractivity contribution in [3.05, 3.63) is 87.9 Å². The van der Waals surface area contributed by atoms with Crippen molar-refractivity contribution in [1.82, 2.24) is 5.32 Å². The zero-order valence-corrected chi connectivity index (χ0v) is 19.1. The van der Waals surface area contributed by atoms with Crippen LogP contribution in [0.4, 0.5) is 4.79 Å². The second-order valence-electron chi connectivity index (χ2n) is 7.61. The molecule has 166 valence electrons. The summed E-state index contributed by atoms with van der Waals surface area (Å²) in [6.45, 7) is 0.0332. The SMILES string of the molecule is COc1ccc(C(O)C(O)CNC(=O)OCC2c3ccccc3-c3ccccc32)cc1Br. The number of aliphatic hydroxyl groups is 2. The first-order chi connectivity index (χ1) is 15.5. The molecule has 7 heteroatoms. The van der Waals surface area contributed by atoms with Crippen LogP contribution in [-0.4, -0.2) is 42.7 Å². The third-order valence-corrected chi connectivity index (χ3v) is 6.30. The van der Waals surface area contributed by atoms with E-state index in [0.29, 0.717) is 15.8 Å². The standard InChI is InChI=1S/C25H24BrNO5/c1-31-23-11-10-15(12-21(23)26)24(29)22(28)13-27-25(30)32-14-20-18-8-4-2-6-16(18)17-7-3-5-9-19(17)20/h2-12,20,22,24,28-29H,13-14H2,1H3,(H,27,30). The highest BCUT2D eigenvalue weighted by atomic mass is 79.9. The molecule has 1 amide bonds. The number of benzene rings is 3. The van der Waals surface area contributed by atoms with Gasteiger partial charge in [-0.15, -0.1) is 0 Å². The van der Waals surface area contributed by atoms with E-state index in [-0.39, 0.29) is 19.1 Å². The first kappa shape index (κ1) is 22.3. The van der Waals surface area contributed by atoms with Gasteiger partial charge < -0.3 is 25.0 Å². The molecule has 0 aliphatic heterocycles. The van der Waals surface area contributed by atoms with Gasteiger partial charge in [0.1, 0.15) is 24.6 Å². The number of aliphatic hydroxyl groups excluding tert-OH is 2. The lowest BCUT2D eigenvalue weighted by atomic mass is 9.98. The van der Waals surface area contributed by atoms with Gasteiger partial charge in [-0.25, -0.2) is 4.79 Å². The molecule has 0 fully saturated rings. The Bertz CT molecular complexity index is 1070. The lowest BCUT2D eigenvalue weighted by Gasteiger charge is -2.20. The van der Waals surface area contributed by atoms with E-state index in [1.165, 1.54) is 0 Å². The van der Waals surface area contributed by atoms with E-state index in [4.69, 9.17) is 9.47 Å². The molecule has 0 aromatic heterocycles. The monoisotopic (exact) mass is 497 g/mol. The van der Waals surface area contributed by atoms with Gasteiger partial charge in [0.05, 0.1) is 11.6 Å². The number of halogens is 1. The maximum atomic E-state index is 12.3. The largest absolute Gasteiger partial charge is 0.496 e. The second kappa shape index (κ2) is 9.73. The molecule has 2 atom stereocenters. The fourth-order valence-electron chi connectivity index (χ4n) is 4.04. The number of methoxy groups -OCH3 is 1. The zero-order chi connectivity index (χ0) is 22.7. The van der Waals surface area contributed by atoms with Crippen LogP contribution in [-0.2, 0) is 4.74 Å². The van der Waals surface area contributed by atoms with Crippen molar-refractivity contribution in [2.45, 2.75) is 18.1 Å². The van der Waals surface area contributed by atoms with Gasteiger partial charge >= 0.3 is 6.09 Å². The maximum absolute atomic E-state index is 12.3. The predicted molar refractivity (Wildman–Crippen MR) is 125 cm³/mol. The summed E-state index contributed by atoms with van der Waals surface area (Å²) in [5, 5.41) is 23.3. The summed E-state index contributed by atoms with van der Waals surface area (Å²) >= 11 is 3.36. The number of alkyl carbamates (subject to hydrolysis) is 1. The number of amides is 1. The summed E-state index contributed by atoms with van der Waals surface area (Å²) in [6.07, 6.45) is -3.02. The predicted octanol–water partition coefficient (Wildman–Crippen LogP) is 4.39. The summed E-state index contributed by atoms with van der Waals surface area (Å²) < 4.78 is 11.3. The van der Waals surface area contributed by atoms with Crippen molar-refractivity contribution in [2.75, 3.05) is 20.3 Å². The Balaban J connectivity index is 1.33. The molecule has 6 nitrogen and oxygen atoms in total. The fraction of sp³-hybridized carbons (Fsp3) is 0.240. The Kier molecular flexibility index (Phi) is 6.79. The van der Waals surface area contributed by atoms with Crippen LogP contribution >= 0.6 is 15.9 Å². The number of hydrogen-bond acceptors (Lipinski definition) is 5. The van der Waals surface area contributed by atoms with E-state index in [1.807, 2.05) is 36.4 Å². The number of carbonyl (C=O) groups excluding carboxylic acids is 1. The second-order valence-corrected chi connectivity index (χ2v) is 8.47. The normalized spacial score (nSPS) is 14.2. The van der Waals surface area contributed by atoms with Gasteiger partial charge in [-0.3, -0.25) is 0 Å². The van der Waals surface area contributed by atoms with Crippen LogP contribution in [0.5, 0.6) is 5.75 Å². The van der Waals surface area contributed by atoms with Crippen molar-refractivity contribution in [2.24, 2.45) is 0 Å². The van der Waals surface area contributed by atoms with Crippen LogP contribution in [0.1, 0.15) is 28.7 Å². The number of fused-ring (bicyclic) bond motifs is 3. The molecular formula is C25H24BrNO5. The van der Waals surface area contributed by atoms with E-state index in [2.05, 4.69) is 33.4 Å². The van der Waals surface area contributed by atoms with Crippen molar-refractivity contribution >= 4 is 22.0 Å². The molecule has 3 aromatic carbocycles. The molecular weight excluding hydrogens is 474 g/mol. The van der Waals surface area contributed by atoms with E-state index in [9.17, 15) is 15.0 Å². The average molecular weight is 498 g/mol. The molecule has 0 saturated carbocycles. The third kappa shape index (κ3) is 4.50. The minimum atomic E-state index is -1.20. The molecule has 3 aromatic rings. The summed E-state index contributed by atoms with van der Waals surface area (Å²) in [4.78, 5) is 12.3. The molecule has 0 radical (unpaired) electrons. The first-order valence-electron chi connectivity index (χ1n) is 10.3. The average Bonchev–Trinajstić information content (AvgIpc) is 3.14. The Morgan fingerprint density at radius 1 is 1.03 bits per heavy atom. The van der Waals surface area contributed by atoms with Crippen LogP contribution in [0.3, 0.4) is 0 Å². The molecule has 0 bridgehead atoms. The molecule has 3 N–H and O–H groups in total. The number of ether oxygens (including phenoxy) is 2. The lowest BCUT2D eigenvalue weighted by molar-refractivity contribution is 0.0185. The maximum Gasteiger partial charge on any atom is 0.407 e. The summed E-state index contributed by atoms with van der Waals surface area (Å²) in [7, 11) is 1.54. The summed E-state index contributed by atoms with van der Waals surface area (Å²) in [5.74, 6) is 0.576. The van der Waals surface area contributed by atoms with Crippen LogP contribution in [0.25, 0.3) is 11.1 Å². The van der Waals surface area contributed by atoms with Crippen molar-refractivity contribution in [3.63, 3.8) is 0 Å². The van der Waals surface area contributed by atoms with Crippen LogP contribution < -0.4 is 10.1 Å². The van der Waals surface area contributed by atoms with E-state index in [0.717, 1.165) is 22.3 Å². The molecule has 4 rings (SSSR count). The van der Waals surface area contributed by atoms with Gasteiger partial charge in [-0.2, -0.15) is 0 Å². The van der Waals surface area contributed by atoms with E-state index >= 15 is 0 Å². The number of hydrogen-bond donors (Lipinski definition) is 3. The van der Waals surface area contributed by atoms with Crippen molar-refractivity contribution < 1.29 is 24.5 Å². The number of nitrogens with one attached hydrogen (secondary N) is 1. The molecule has 32 heavy (non-hydrogen) atoms. The minimum absolute atomic E-state index is 0.0414. The van der Waals surface area contributed by atoms with Gasteiger partial charge in [0.2, 0.25) is 0 Å².